The van der Waals surface area contributed by atoms with Gasteiger partial charge in [0.15, 0.2) is 0 Å². The van der Waals surface area contributed by atoms with Crippen molar-refractivity contribution in [3.63, 3.8) is 0 Å². The first-order chi connectivity index (χ1) is 9.15. The van der Waals surface area contributed by atoms with Gasteiger partial charge in [-0.25, -0.2) is 0 Å². The van der Waals surface area contributed by atoms with Crippen LogP contribution in [0.25, 0.3) is 0 Å². The molecule has 0 fully saturated rings. The third kappa shape index (κ3) is 4.80. The first-order valence-corrected chi connectivity index (χ1v) is 8.03. The number of aryl methyl sites for hydroxylation is 1. The molecule has 0 aliphatic carbocycles. The number of hydrogen-bond acceptors (Lipinski definition) is 3. The predicted octanol–water partition coefficient (Wildman–Crippen LogP) is 4.64. The van der Waals surface area contributed by atoms with Crippen molar-refractivity contribution in [3.8, 4) is 5.75 Å². The molecule has 0 unspecified atom stereocenters. The van der Waals surface area contributed by atoms with E-state index in [4.69, 9.17) is 16.3 Å². The van der Waals surface area contributed by atoms with E-state index in [-0.39, 0.29) is 0 Å². The van der Waals surface area contributed by atoms with Gasteiger partial charge in [-0.1, -0.05) is 17.7 Å². The molecular weight excluding hydrogens is 346 g/mol. The van der Waals surface area contributed by atoms with Crippen LogP contribution in [0.4, 0.5) is 0 Å². The summed E-state index contributed by atoms with van der Waals surface area (Å²) in [6.45, 7) is 4.27. The molecule has 0 saturated heterocycles. The molecule has 2 nitrogen and oxygen atoms in total. The van der Waals surface area contributed by atoms with E-state index in [0.717, 1.165) is 28.9 Å². The third-order valence-corrected chi connectivity index (χ3v) is 4.54. The van der Waals surface area contributed by atoms with Gasteiger partial charge in [0, 0.05) is 27.8 Å². The van der Waals surface area contributed by atoms with Crippen molar-refractivity contribution in [1.29, 1.82) is 0 Å². The van der Waals surface area contributed by atoms with Gasteiger partial charge in [-0.05, 0) is 46.6 Å². The minimum atomic E-state index is 0.606. The predicted molar refractivity (Wildman–Crippen MR) is 85.4 cm³/mol. The number of hydrogen-bond donors (Lipinski definition) is 1. The number of rotatable bonds is 6. The highest BCUT2D eigenvalue weighted by Gasteiger charge is 2.01. The van der Waals surface area contributed by atoms with Gasteiger partial charge < -0.3 is 10.1 Å². The third-order valence-electron chi connectivity index (χ3n) is 2.54. The molecule has 1 heterocycles. The highest BCUT2D eigenvalue weighted by molar-refractivity contribution is 9.10. The van der Waals surface area contributed by atoms with Crippen LogP contribution in [-0.4, -0.2) is 13.2 Å². The molecule has 5 heteroatoms. The maximum atomic E-state index is 6.09. The first-order valence-electron chi connectivity index (χ1n) is 5.98. The van der Waals surface area contributed by atoms with Crippen LogP contribution in [0.2, 0.25) is 5.02 Å². The normalized spacial score (nSPS) is 10.7. The Morgan fingerprint density at radius 3 is 2.89 bits per heavy atom. The van der Waals surface area contributed by atoms with Crippen LogP contribution in [0, 0.1) is 6.92 Å². The minimum Gasteiger partial charge on any atom is -0.491 e. The number of halogens is 2. The van der Waals surface area contributed by atoms with Crippen LogP contribution >= 0.6 is 38.9 Å². The van der Waals surface area contributed by atoms with Crippen LogP contribution in [0.3, 0.4) is 0 Å². The summed E-state index contributed by atoms with van der Waals surface area (Å²) in [6, 6.07) is 7.94. The molecule has 0 spiro atoms. The zero-order valence-corrected chi connectivity index (χ0v) is 13.7. The summed E-state index contributed by atoms with van der Waals surface area (Å²) in [6.07, 6.45) is 0. The Kier molecular flexibility index (Phi) is 5.70. The molecule has 2 aromatic rings. The Morgan fingerprint density at radius 2 is 2.21 bits per heavy atom. The van der Waals surface area contributed by atoms with Gasteiger partial charge in [0.2, 0.25) is 0 Å². The van der Waals surface area contributed by atoms with Crippen molar-refractivity contribution >= 4 is 38.9 Å². The smallest absolute Gasteiger partial charge is 0.137 e. The second-order valence-corrected chi connectivity index (χ2v) is 6.51. The zero-order chi connectivity index (χ0) is 13.7. The lowest BCUT2D eigenvalue weighted by atomic mass is 10.2. The Hall–Kier alpha value is -0.550. The minimum absolute atomic E-state index is 0.606. The zero-order valence-electron chi connectivity index (χ0n) is 10.6. The second kappa shape index (κ2) is 7.29. The molecule has 1 aromatic heterocycles. The molecule has 19 heavy (non-hydrogen) atoms. The van der Waals surface area contributed by atoms with Crippen molar-refractivity contribution in [3.05, 3.63) is 49.6 Å². The summed E-state index contributed by atoms with van der Waals surface area (Å²) in [5.74, 6) is 0.743. The van der Waals surface area contributed by atoms with Crippen molar-refractivity contribution < 1.29 is 4.74 Å². The fourth-order valence-electron chi connectivity index (χ4n) is 1.61. The van der Waals surface area contributed by atoms with E-state index < -0.39 is 0 Å². The van der Waals surface area contributed by atoms with E-state index in [1.807, 2.05) is 25.1 Å². The Morgan fingerprint density at radius 1 is 1.37 bits per heavy atom. The fraction of sp³-hybridized carbons (Fsp3) is 0.286. The largest absolute Gasteiger partial charge is 0.491 e. The summed E-state index contributed by atoms with van der Waals surface area (Å²) in [7, 11) is 0. The lowest BCUT2D eigenvalue weighted by molar-refractivity contribution is 0.314. The molecule has 0 amide bonds. The van der Waals surface area contributed by atoms with E-state index in [9.17, 15) is 0 Å². The van der Waals surface area contributed by atoms with Crippen LogP contribution in [-0.2, 0) is 6.54 Å². The summed E-state index contributed by atoms with van der Waals surface area (Å²) in [4.78, 5) is 1.31. The topological polar surface area (TPSA) is 21.3 Å². The molecule has 0 saturated carbocycles. The van der Waals surface area contributed by atoms with Gasteiger partial charge in [0.05, 0.1) is 5.02 Å². The maximum absolute atomic E-state index is 6.09. The van der Waals surface area contributed by atoms with Gasteiger partial charge in [-0.3, -0.25) is 0 Å². The van der Waals surface area contributed by atoms with Gasteiger partial charge in [-0.2, -0.15) is 0 Å². The van der Waals surface area contributed by atoms with Crippen molar-refractivity contribution in [1.82, 2.24) is 5.32 Å². The van der Waals surface area contributed by atoms with E-state index in [1.54, 1.807) is 11.3 Å². The molecular formula is C14H15BrClNOS. The summed E-state index contributed by atoms with van der Waals surface area (Å²) in [5, 5.41) is 6.09. The number of benzene rings is 1. The average molecular weight is 361 g/mol. The molecule has 0 atom stereocenters. The van der Waals surface area contributed by atoms with E-state index in [0.29, 0.717) is 11.6 Å². The number of nitrogens with one attached hydrogen (secondary N) is 1. The molecule has 0 aliphatic rings. The lowest BCUT2D eigenvalue weighted by Gasteiger charge is -2.09. The Labute approximate surface area is 130 Å². The van der Waals surface area contributed by atoms with Crippen molar-refractivity contribution in [2.75, 3.05) is 13.2 Å². The molecule has 102 valence electrons. The Balaban J connectivity index is 1.69. The fourth-order valence-corrected chi connectivity index (χ4v) is 3.32. The van der Waals surface area contributed by atoms with E-state index >= 15 is 0 Å². The van der Waals surface area contributed by atoms with Gasteiger partial charge >= 0.3 is 0 Å². The first kappa shape index (κ1) is 14.9. The van der Waals surface area contributed by atoms with Gasteiger partial charge in [0.1, 0.15) is 12.4 Å². The lowest BCUT2D eigenvalue weighted by Crippen LogP contribution is -2.20. The van der Waals surface area contributed by atoms with Crippen LogP contribution in [0.1, 0.15) is 10.4 Å². The monoisotopic (exact) mass is 359 g/mol. The molecule has 1 N–H and O–H groups in total. The van der Waals surface area contributed by atoms with Gasteiger partial charge in [0.25, 0.3) is 0 Å². The number of thiophene rings is 1. The molecule has 1 aromatic carbocycles. The van der Waals surface area contributed by atoms with Crippen LogP contribution in [0.15, 0.2) is 34.1 Å². The van der Waals surface area contributed by atoms with Crippen LogP contribution < -0.4 is 10.1 Å². The maximum Gasteiger partial charge on any atom is 0.137 e. The summed E-state index contributed by atoms with van der Waals surface area (Å²) >= 11 is 11.3. The highest BCUT2D eigenvalue weighted by atomic mass is 79.9. The van der Waals surface area contributed by atoms with Crippen LogP contribution in [0.5, 0.6) is 5.75 Å². The van der Waals surface area contributed by atoms with E-state index in [1.165, 1.54) is 4.88 Å². The SMILES string of the molecule is Cc1ccc(OCCNCc2cc(Br)cs2)c(Cl)c1. The molecule has 0 radical (unpaired) electrons. The standard InChI is InChI=1S/C14H15BrClNOS/c1-10-2-3-14(13(16)6-10)18-5-4-17-8-12-7-11(15)9-19-12/h2-3,6-7,9,17H,4-5,8H2,1H3. The average Bonchev–Trinajstić information content (AvgIpc) is 2.77. The van der Waals surface area contributed by atoms with Crippen molar-refractivity contribution in [2.45, 2.75) is 13.5 Å². The second-order valence-electron chi connectivity index (χ2n) is 4.19. The quantitative estimate of drug-likeness (QED) is 0.758. The molecule has 0 bridgehead atoms. The van der Waals surface area contributed by atoms with E-state index in [2.05, 4.69) is 32.7 Å². The number of ether oxygens (including phenoxy) is 1. The Bertz CT molecular complexity index is 544. The summed E-state index contributed by atoms with van der Waals surface area (Å²) in [5.41, 5.74) is 1.14. The summed E-state index contributed by atoms with van der Waals surface area (Å²) < 4.78 is 6.77. The highest BCUT2D eigenvalue weighted by Crippen LogP contribution is 2.24. The molecule has 2 rings (SSSR count). The van der Waals surface area contributed by atoms with Gasteiger partial charge in [-0.15, -0.1) is 11.3 Å². The van der Waals surface area contributed by atoms with Crippen molar-refractivity contribution in [2.24, 2.45) is 0 Å². The molecule has 0 aliphatic heterocycles.